The van der Waals surface area contributed by atoms with Crippen LogP contribution in [-0.2, 0) is 4.79 Å². The van der Waals surface area contributed by atoms with Gasteiger partial charge in [0.2, 0.25) is 5.91 Å². The number of likely N-dealkylation sites (N-methyl/N-ethyl adjacent to an activating group) is 1. The zero-order valence-electron chi connectivity index (χ0n) is 16.5. The molecule has 0 heterocycles. The highest BCUT2D eigenvalue weighted by Crippen LogP contribution is 2.40. The maximum atomic E-state index is 13.4. The molecule has 0 spiro atoms. The maximum Gasteiger partial charge on any atom is 0.234 e. The van der Waals surface area contributed by atoms with Crippen LogP contribution in [0.1, 0.15) is 35.1 Å². The van der Waals surface area contributed by atoms with Gasteiger partial charge in [-0.05, 0) is 42.3 Å². The Bertz CT molecular complexity index is 944. The molecule has 4 heteroatoms. The molecule has 29 heavy (non-hydrogen) atoms. The van der Waals surface area contributed by atoms with E-state index in [0.717, 1.165) is 17.5 Å². The number of amides is 1. The summed E-state index contributed by atoms with van der Waals surface area (Å²) in [7, 11) is 1.93. The first-order valence-corrected chi connectivity index (χ1v) is 9.97. The first-order valence-electron chi connectivity index (χ1n) is 9.97. The smallest absolute Gasteiger partial charge is 0.234 e. The fourth-order valence-corrected chi connectivity index (χ4v) is 3.98. The van der Waals surface area contributed by atoms with Crippen LogP contribution in [0.4, 0.5) is 4.39 Å². The molecule has 4 rings (SSSR count). The van der Waals surface area contributed by atoms with E-state index >= 15 is 0 Å². The average Bonchev–Trinajstić information content (AvgIpc) is 3.50. The Labute approximate surface area is 171 Å². The predicted octanol–water partition coefficient (Wildman–Crippen LogP) is 4.52. The van der Waals surface area contributed by atoms with E-state index in [1.807, 2.05) is 60.5 Å². The van der Waals surface area contributed by atoms with Crippen molar-refractivity contribution in [1.82, 2.24) is 10.2 Å². The molecule has 1 aliphatic carbocycles. The number of hydrogen-bond donors (Lipinski definition) is 1. The predicted molar refractivity (Wildman–Crippen MR) is 113 cm³/mol. The van der Waals surface area contributed by atoms with Gasteiger partial charge in [0.1, 0.15) is 5.82 Å². The molecule has 0 aromatic heterocycles. The largest absolute Gasteiger partial charge is 0.352 e. The molecule has 0 saturated heterocycles. The zero-order chi connectivity index (χ0) is 20.2. The third-order valence-electron chi connectivity index (χ3n) is 5.50. The van der Waals surface area contributed by atoms with Crippen LogP contribution in [0, 0.1) is 5.82 Å². The first kappa shape index (κ1) is 19.3. The van der Waals surface area contributed by atoms with E-state index in [4.69, 9.17) is 0 Å². The van der Waals surface area contributed by atoms with Crippen molar-refractivity contribution in [3.63, 3.8) is 0 Å². The molecule has 0 radical (unpaired) electrons. The molecule has 3 nitrogen and oxygen atoms in total. The van der Waals surface area contributed by atoms with Crippen LogP contribution in [0.25, 0.3) is 0 Å². The van der Waals surface area contributed by atoms with E-state index < -0.39 is 0 Å². The fourth-order valence-electron chi connectivity index (χ4n) is 3.98. The van der Waals surface area contributed by atoms with E-state index in [1.165, 1.54) is 17.7 Å². The molecular weight excluding hydrogens is 363 g/mol. The monoisotopic (exact) mass is 388 g/mol. The van der Waals surface area contributed by atoms with Gasteiger partial charge in [-0.15, -0.1) is 0 Å². The second-order valence-electron chi connectivity index (χ2n) is 7.71. The van der Waals surface area contributed by atoms with Gasteiger partial charge in [-0.2, -0.15) is 0 Å². The van der Waals surface area contributed by atoms with Crippen LogP contribution in [0.5, 0.6) is 0 Å². The average molecular weight is 388 g/mol. The van der Waals surface area contributed by atoms with Gasteiger partial charge < -0.3 is 5.32 Å². The summed E-state index contributed by atoms with van der Waals surface area (Å²) in [5, 5.41) is 3.16. The Balaban J connectivity index is 1.43. The van der Waals surface area contributed by atoms with E-state index in [2.05, 4.69) is 17.4 Å². The molecule has 3 aromatic carbocycles. The summed E-state index contributed by atoms with van der Waals surface area (Å²) in [6.07, 6.45) is 0.986. The number of rotatable bonds is 7. The molecule has 3 atom stereocenters. The molecule has 1 N–H and O–H groups in total. The molecule has 3 aromatic rings. The first-order chi connectivity index (χ1) is 14.1. The van der Waals surface area contributed by atoms with Gasteiger partial charge >= 0.3 is 0 Å². The normalized spacial score (nSPS) is 19.0. The van der Waals surface area contributed by atoms with Crippen molar-refractivity contribution in [1.29, 1.82) is 0 Å². The van der Waals surface area contributed by atoms with Crippen molar-refractivity contribution in [2.75, 3.05) is 13.6 Å². The lowest BCUT2D eigenvalue weighted by atomic mass is 9.97. The van der Waals surface area contributed by atoms with Gasteiger partial charge in [0.05, 0.1) is 12.6 Å². The fraction of sp³-hybridized carbons (Fsp3) is 0.240. The number of carbonyl (C=O) groups is 1. The number of halogens is 1. The Hall–Kier alpha value is -2.98. The standard InChI is InChI=1S/C25H25FN2O/c1-28(17-24(29)27-23-16-22(23)18-8-4-2-5-9-18)25(19-10-6-3-7-11-19)20-12-14-21(26)15-13-20/h2-15,22-23,25H,16-17H2,1H3,(H,27,29). The summed E-state index contributed by atoms with van der Waals surface area (Å²) in [5.41, 5.74) is 3.31. The van der Waals surface area contributed by atoms with Crippen LogP contribution in [0.15, 0.2) is 84.9 Å². The highest BCUT2D eigenvalue weighted by Gasteiger charge is 2.39. The lowest BCUT2D eigenvalue weighted by Gasteiger charge is -2.28. The molecular formula is C25H25FN2O. The minimum atomic E-state index is -0.262. The van der Waals surface area contributed by atoms with Crippen LogP contribution in [0.3, 0.4) is 0 Å². The molecule has 0 bridgehead atoms. The summed E-state index contributed by atoms with van der Waals surface area (Å²) in [5.74, 6) is 0.160. The summed E-state index contributed by atoms with van der Waals surface area (Å²) in [4.78, 5) is 14.7. The molecule has 0 aliphatic heterocycles. The Morgan fingerprint density at radius 2 is 1.55 bits per heavy atom. The van der Waals surface area contributed by atoms with Crippen molar-refractivity contribution < 1.29 is 9.18 Å². The molecule has 148 valence electrons. The number of benzene rings is 3. The van der Waals surface area contributed by atoms with Crippen LogP contribution < -0.4 is 5.32 Å². The van der Waals surface area contributed by atoms with E-state index in [1.54, 1.807) is 12.1 Å². The summed E-state index contributed by atoms with van der Waals surface area (Å²) in [6.45, 7) is 0.273. The summed E-state index contributed by atoms with van der Waals surface area (Å²) in [6, 6.07) is 26.9. The molecule has 1 aliphatic rings. The van der Waals surface area contributed by atoms with E-state index in [0.29, 0.717) is 5.92 Å². The van der Waals surface area contributed by atoms with Gasteiger partial charge in [0, 0.05) is 12.0 Å². The van der Waals surface area contributed by atoms with Crippen LogP contribution >= 0.6 is 0 Å². The summed E-state index contributed by atoms with van der Waals surface area (Å²) >= 11 is 0. The minimum Gasteiger partial charge on any atom is -0.352 e. The van der Waals surface area contributed by atoms with Crippen LogP contribution in [0.2, 0.25) is 0 Å². The highest BCUT2D eigenvalue weighted by atomic mass is 19.1. The van der Waals surface area contributed by atoms with Crippen molar-refractivity contribution in [3.05, 3.63) is 107 Å². The van der Waals surface area contributed by atoms with Gasteiger partial charge in [0.25, 0.3) is 0 Å². The van der Waals surface area contributed by atoms with Gasteiger partial charge in [-0.25, -0.2) is 4.39 Å². The quantitative estimate of drug-likeness (QED) is 0.645. The lowest BCUT2D eigenvalue weighted by Crippen LogP contribution is -2.38. The third-order valence-corrected chi connectivity index (χ3v) is 5.50. The van der Waals surface area contributed by atoms with Crippen LogP contribution in [-0.4, -0.2) is 30.4 Å². The Kier molecular flexibility index (Phi) is 5.72. The molecule has 1 amide bonds. The molecule has 3 unspecified atom stereocenters. The number of nitrogens with zero attached hydrogens (tertiary/aromatic N) is 1. The number of carbonyl (C=O) groups excluding carboxylic acids is 1. The Morgan fingerprint density at radius 1 is 0.966 bits per heavy atom. The minimum absolute atomic E-state index is 0.0129. The lowest BCUT2D eigenvalue weighted by molar-refractivity contribution is -0.122. The van der Waals surface area contributed by atoms with Crippen molar-refractivity contribution in [2.45, 2.75) is 24.4 Å². The summed E-state index contributed by atoms with van der Waals surface area (Å²) < 4.78 is 13.4. The number of nitrogens with one attached hydrogen (secondary N) is 1. The van der Waals surface area contributed by atoms with Crippen molar-refractivity contribution >= 4 is 5.91 Å². The van der Waals surface area contributed by atoms with E-state index in [-0.39, 0.29) is 30.4 Å². The Morgan fingerprint density at radius 3 is 2.21 bits per heavy atom. The second-order valence-corrected chi connectivity index (χ2v) is 7.71. The highest BCUT2D eigenvalue weighted by molar-refractivity contribution is 5.79. The number of hydrogen-bond acceptors (Lipinski definition) is 2. The maximum absolute atomic E-state index is 13.4. The van der Waals surface area contributed by atoms with Gasteiger partial charge in [-0.3, -0.25) is 9.69 Å². The third kappa shape index (κ3) is 4.72. The van der Waals surface area contributed by atoms with Crippen molar-refractivity contribution in [3.8, 4) is 0 Å². The molecule has 1 fully saturated rings. The zero-order valence-corrected chi connectivity index (χ0v) is 16.5. The molecule has 1 saturated carbocycles. The van der Waals surface area contributed by atoms with Gasteiger partial charge in [0.15, 0.2) is 0 Å². The topological polar surface area (TPSA) is 32.3 Å². The SMILES string of the molecule is CN(CC(=O)NC1CC1c1ccccc1)C(c1ccccc1)c1ccc(F)cc1. The van der Waals surface area contributed by atoms with Crippen molar-refractivity contribution in [2.24, 2.45) is 0 Å². The second kappa shape index (κ2) is 8.58. The van der Waals surface area contributed by atoms with E-state index in [9.17, 15) is 9.18 Å². The van der Waals surface area contributed by atoms with Gasteiger partial charge in [-0.1, -0.05) is 72.8 Å².